The number of hydrogen-bond donors (Lipinski definition) is 1. The second-order valence-corrected chi connectivity index (χ2v) is 7.24. The Bertz CT molecular complexity index is 1150. The fourth-order valence-corrected chi connectivity index (χ4v) is 3.73. The molecule has 0 saturated heterocycles. The van der Waals surface area contributed by atoms with Gasteiger partial charge in [-0.2, -0.15) is 18.3 Å². The van der Waals surface area contributed by atoms with E-state index in [1.165, 1.54) is 12.1 Å². The van der Waals surface area contributed by atoms with E-state index in [0.717, 1.165) is 46.2 Å². The summed E-state index contributed by atoms with van der Waals surface area (Å²) < 4.78 is 42.1. The minimum absolute atomic E-state index is 0.0397. The number of para-hydroxylation sites is 2. The van der Waals surface area contributed by atoms with E-state index in [2.05, 4.69) is 15.4 Å². The minimum atomic E-state index is -4.61. The van der Waals surface area contributed by atoms with Gasteiger partial charge in [0.25, 0.3) is 5.56 Å². The van der Waals surface area contributed by atoms with Crippen LogP contribution in [0.5, 0.6) is 0 Å². The maximum absolute atomic E-state index is 13.3. The molecule has 1 N–H and O–H groups in total. The van der Waals surface area contributed by atoms with E-state index in [9.17, 15) is 22.8 Å². The van der Waals surface area contributed by atoms with Crippen molar-refractivity contribution in [2.75, 3.05) is 6.54 Å². The van der Waals surface area contributed by atoms with Crippen molar-refractivity contribution in [2.24, 2.45) is 0 Å². The van der Waals surface area contributed by atoms with Crippen molar-refractivity contribution in [3.63, 3.8) is 0 Å². The molecular formula is C20H20F3N5O2. The van der Waals surface area contributed by atoms with E-state index in [-0.39, 0.29) is 30.7 Å². The summed E-state index contributed by atoms with van der Waals surface area (Å²) in [6.07, 6.45) is -1.02. The van der Waals surface area contributed by atoms with Crippen LogP contribution in [0.3, 0.4) is 0 Å². The Morgan fingerprint density at radius 2 is 1.93 bits per heavy atom. The molecule has 0 fully saturated rings. The highest BCUT2D eigenvalue weighted by Gasteiger charge is 2.37. The normalized spacial score (nSPS) is 14.0. The van der Waals surface area contributed by atoms with Gasteiger partial charge in [0.05, 0.1) is 16.7 Å². The first-order valence-corrected chi connectivity index (χ1v) is 9.72. The van der Waals surface area contributed by atoms with Gasteiger partial charge in [-0.05, 0) is 43.4 Å². The quantitative estimate of drug-likeness (QED) is 0.688. The second kappa shape index (κ2) is 7.92. The minimum Gasteiger partial charge on any atom is -0.353 e. The number of carbonyl (C=O) groups excluding carboxylic acids is 1. The van der Waals surface area contributed by atoms with Gasteiger partial charge in [0.2, 0.25) is 11.7 Å². The first-order valence-electron chi connectivity index (χ1n) is 9.72. The zero-order valence-corrected chi connectivity index (χ0v) is 16.1. The Hall–Kier alpha value is -3.17. The fourth-order valence-electron chi connectivity index (χ4n) is 3.73. The Balaban J connectivity index is 1.44. The lowest BCUT2D eigenvalue weighted by Gasteiger charge is -2.16. The molecule has 0 atom stereocenters. The Kier molecular flexibility index (Phi) is 5.31. The van der Waals surface area contributed by atoms with Crippen molar-refractivity contribution < 1.29 is 18.0 Å². The monoisotopic (exact) mass is 419 g/mol. The van der Waals surface area contributed by atoms with Crippen LogP contribution >= 0.6 is 0 Å². The molecule has 30 heavy (non-hydrogen) atoms. The zero-order chi connectivity index (χ0) is 21.3. The van der Waals surface area contributed by atoms with Crippen LogP contribution in [0.1, 0.15) is 29.9 Å². The number of rotatable bonds is 5. The number of hydrogen-bond acceptors (Lipinski definition) is 4. The summed E-state index contributed by atoms with van der Waals surface area (Å²) >= 11 is 0. The average molecular weight is 419 g/mol. The summed E-state index contributed by atoms with van der Waals surface area (Å²) in [6, 6.07) is 7.82. The van der Waals surface area contributed by atoms with Gasteiger partial charge in [0, 0.05) is 19.2 Å². The van der Waals surface area contributed by atoms with Gasteiger partial charge in [-0.3, -0.25) is 9.59 Å². The van der Waals surface area contributed by atoms with Gasteiger partial charge in [-0.15, -0.1) is 0 Å². The zero-order valence-electron chi connectivity index (χ0n) is 16.1. The van der Waals surface area contributed by atoms with Crippen molar-refractivity contribution in [3.8, 4) is 0 Å². The molecule has 2 heterocycles. The number of alkyl halides is 3. The molecule has 0 bridgehead atoms. The van der Waals surface area contributed by atoms with Gasteiger partial charge in [-0.25, -0.2) is 9.67 Å². The lowest BCUT2D eigenvalue weighted by atomic mass is 9.97. The highest BCUT2D eigenvalue weighted by Crippen LogP contribution is 2.31. The third-order valence-corrected chi connectivity index (χ3v) is 5.13. The molecular weight excluding hydrogens is 399 g/mol. The largest absolute Gasteiger partial charge is 0.449 e. The summed E-state index contributed by atoms with van der Waals surface area (Å²) in [6.45, 7) is -0.418. The third kappa shape index (κ3) is 4.07. The molecule has 0 saturated carbocycles. The fraction of sp³-hybridized carbons (Fsp3) is 0.400. The molecule has 3 aromatic rings. The highest BCUT2D eigenvalue weighted by atomic mass is 19.4. The van der Waals surface area contributed by atoms with Crippen LogP contribution in [0.2, 0.25) is 0 Å². The second-order valence-electron chi connectivity index (χ2n) is 7.24. The predicted molar refractivity (Wildman–Crippen MR) is 103 cm³/mol. The molecule has 158 valence electrons. The molecule has 0 radical (unpaired) electrons. The van der Waals surface area contributed by atoms with Gasteiger partial charge >= 0.3 is 6.18 Å². The molecule has 7 nitrogen and oxygen atoms in total. The molecule has 0 unspecified atom stereocenters. The molecule has 4 rings (SSSR count). The molecule has 1 aromatic carbocycles. The number of aromatic nitrogens is 4. The summed E-state index contributed by atoms with van der Waals surface area (Å²) in [7, 11) is 0. The highest BCUT2D eigenvalue weighted by molar-refractivity contribution is 5.76. The van der Waals surface area contributed by atoms with Gasteiger partial charge in [-0.1, -0.05) is 12.1 Å². The van der Waals surface area contributed by atoms with Crippen LogP contribution in [0.4, 0.5) is 13.2 Å². The van der Waals surface area contributed by atoms with Crippen LogP contribution in [-0.4, -0.2) is 31.8 Å². The van der Waals surface area contributed by atoms with E-state index in [0.29, 0.717) is 5.52 Å². The molecule has 0 aliphatic heterocycles. The van der Waals surface area contributed by atoms with Gasteiger partial charge < -0.3 is 9.88 Å². The number of carbonyl (C=O) groups is 1. The topological polar surface area (TPSA) is 81.8 Å². The van der Waals surface area contributed by atoms with Crippen molar-refractivity contribution in [1.82, 2.24) is 24.6 Å². The van der Waals surface area contributed by atoms with Crippen molar-refractivity contribution in [2.45, 2.75) is 44.9 Å². The van der Waals surface area contributed by atoms with E-state index < -0.39 is 17.9 Å². The number of nitrogens with one attached hydrogen (secondary N) is 1. The molecule has 1 aliphatic carbocycles. The van der Waals surface area contributed by atoms with Gasteiger partial charge in [0.1, 0.15) is 6.54 Å². The third-order valence-electron chi connectivity index (χ3n) is 5.13. The number of fused-ring (bicyclic) bond motifs is 2. The van der Waals surface area contributed by atoms with E-state index >= 15 is 0 Å². The number of aryl methyl sites for hydroxylation is 2. The molecule has 2 aromatic heterocycles. The molecule has 0 spiro atoms. The maximum Gasteiger partial charge on any atom is 0.449 e. The number of imidazole rings is 1. The summed E-state index contributed by atoms with van der Waals surface area (Å²) in [5.74, 6) is -1.50. The SMILES string of the molecule is O=C(Cn1nc2c(cc1=O)CCCC2)NCCn1c(C(F)(F)F)nc2ccccc21. The van der Waals surface area contributed by atoms with Crippen LogP contribution in [0, 0.1) is 0 Å². The summed E-state index contributed by atoms with van der Waals surface area (Å²) in [5, 5.41) is 6.84. The van der Waals surface area contributed by atoms with Crippen molar-refractivity contribution in [3.05, 3.63) is 57.8 Å². The summed E-state index contributed by atoms with van der Waals surface area (Å²) in [5.41, 5.74) is 1.97. The van der Waals surface area contributed by atoms with E-state index in [4.69, 9.17) is 0 Å². The first kappa shape index (κ1) is 20.1. The molecule has 1 amide bonds. The van der Waals surface area contributed by atoms with Crippen LogP contribution in [0.25, 0.3) is 11.0 Å². The van der Waals surface area contributed by atoms with E-state index in [1.54, 1.807) is 18.2 Å². The summed E-state index contributed by atoms with van der Waals surface area (Å²) in [4.78, 5) is 28.1. The Morgan fingerprint density at radius 3 is 2.73 bits per heavy atom. The number of benzene rings is 1. The Labute approximate surface area is 169 Å². The van der Waals surface area contributed by atoms with Gasteiger partial charge in [0.15, 0.2) is 0 Å². The number of nitrogens with zero attached hydrogens (tertiary/aromatic N) is 4. The number of amides is 1. The van der Waals surface area contributed by atoms with Crippen molar-refractivity contribution >= 4 is 16.9 Å². The first-order chi connectivity index (χ1) is 14.3. The lowest BCUT2D eigenvalue weighted by molar-refractivity contribution is -0.146. The van der Waals surface area contributed by atoms with E-state index in [1.807, 2.05) is 0 Å². The molecule has 10 heteroatoms. The maximum atomic E-state index is 13.3. The van der Waals surface area contributed by atoms with Crippen LogP contribution in [0.15, 0.2) is 35.1 Å². The molecule has 1 aliphatic rings. The number of halogens is 3. The van der Waals surface area contributed by atoms with Crippen molar-refractivity contribution in [1.29, 1.82) is 0 Å². The lowest BCUT2D eigenvalue weighted by Crippen LogP contribution is -2.36. The standard InChI is InChI=1S/C20H20F3N5O2/c21-20(22,23)19-25-15-7-3-4-8-16(15)27(19)10-9-24-17(29)12-28-18(30)11-13-5-1-2-6-14(13)26-28/h3-4,7-8,11H,1-2,5-6,9-10,12H2,(H,24,29). The van der Waals surface area contributed by atoms with Crippen LogP contribution < -0.4 is 10.9 Å². The smallest absolute Gasteiger partial charge is 0.353 e. The van der Waals surface area contributed by atoms with Crippen LogP contribution in [-0.2, 0) is 36.9 Å². The Morgan fingerprint density at radius 1 is 1.17 bits per heavy atom. The average Bonchev–Trinajstić information content (AvgIpc) is 3.08. The predicted octanol–water partition coefficient (Wildman–Crippen LogP) is 2.31.